The minimum atomic E-state index is 0.522. The Morgan fingerprint density at radius 3 is 2.64 bits per heavy atom. The first-order valence-corrected chi connectivity index (χ1v) is 8.38. The minimum absolute atomic E-state index is 0.522. The first kappa shape index (κ1) is 15.9. The van der Waals surface area contributed by atoms with E-state index in [0.29, 0.717) is 21.9 Å². The molecular formula is C17H25ClN2O2. The largest absolute Gasteiger partial charge is 0.493 e. The van der Waals surface area contributed by atoms with Crippen LogP contribution in [0.2, 0.25) is 5.02 Å². The third-order valence-corrected chi connectivity index (χ3v) is 5.55. The Labute approximate surface area is 137 Å². The summed E-state index contributed by atoms with van der Waals surface area (Å²) in [5, 5.41) is 4.14. The van der Waals surface area contributed by atoms with Crippen LogP contribution >= 0.6 is 11.6 Å². The van der Waals surface area contributed by atoms with Gasteiger partial charge in [-0.25, -0.2) is 0 Å². The van der Waals surface area contributed by atoms with E-state index in [4.69, 9.17) is 21.1 Å². The van der Waals surface area contributed by atoms with Gasteiger partial charge in [-0.2, -0.15) is 0 Å². The first-order chi connectivity index (χ1) is 10.7. The van der Waals surface area contributed by atoms with Gasteiger partial charge in [-0.3, -0.25) is 4.90 Å². The van der Waals surface area contributed by atoms with Crippen LogP contribution in [0.1, 0.15) is 24.8 Å². The molecule has 5 heteroatoms. The summed E-state index contributed by atoms with van der Waals surface area (Å²) in [4.78, 5) is 2.53. The standard InChI is InChI=1S/C17H25ClN2O2/c1-21-14-4-3-13(15(18)16(14)22-2)11-20-10-7-17(12-20)5-8-19-9-6-17/h3-4,19H,5-12H2,1-2H3. The quantitative estimate of drug-likeness (QED) is 0.923. The molecular weight excluding hydrogens is 300 g/mol. The molecule has 122 valence electrons. The molecule has 0 aliphatic carbocycles. The average Bonchev–Trinajstić information content (AvgIpc) is 2.92. The van der Waals surface area contributed by atoms with Gasteiger partial charge in [0.05, 0.1) is 19.2 Å². The van der Waals surface area contributed by atoms with E-state index in [2.05, 4.69) is 16.3 Å². The normalized spacial score (nSPS) is 21.2. The van der Waals surface area contributed by atoms with Crippen LogP contribution in [0.5, 0.6) is 11.5 Å². The molecule has 2 heterocycles. The van der Waals surface area contributed by atoms with Crippen LogP contribution in [-0.2, 0) is 6.54 Å². The molecule has 2 fully saturated rings. The molecule has 2 aliphatic rings. The van der Waals surface area contributed by atoms with Crippen LogP contribution in [0.25, 0.3) is 0 Å². The van der Waals surface area contributed by atoms with Gasteiger partial charge >= 0.3 is 0 Å². The molecule has 0 bridgehead atoms. The first-order valence-electron chi connectivity index (χ1n) is 8.00. The Morgan fingerprint density at radius 2 is 1.95 bits per heavy atom. The molecule has 3 rings (SSSR count). The highest BCUT2D eigenvalue weighted by atomic mass is 35.5. The number of piperidine rings is 1. The zero-order valence-electron chi connectivity index (χ0n) is 13.5. The van der Waals surface area contributed by atoms with Gasteiger partial charge in [0.2, 0.25) is 0 Å². The molecule has 0 aromatic heterocycles. The summed E-state index contributed by atoms with van der Waals surface area (Å²) in [6.07, 6.45) is 3.89. The molecule has 1 spiro atoms. The predicted octanol–water partition coefficient (Wildman–Crippen LogP) is 2.93. The molecule has 0 amide bonds. The molecule has 22 heavy (non-hydrogen) atoms. The molecule has 1 aromatic carbocycles. The fraction of sp³-hybridized carbons (Fsp3) is 0.647. The van der Waals surface area contributed by atoms with Crippen LogP contribution in [-0.4, -0.2) is 45.3 Å². The fourth-order valence-corrected chi connectivity index (χ4v) is 4.11. The number of nitrogens with zero attached hydrogens (tertiary/aromatic N) is 1. The number of hydrogen-bond acceptors (Lipinski definition) is 4. The molecule has 0 atom stereocenters. The number of nitrogens with one attached hydrogen (secondary N) is 1. The van der Waals surface area contributed by atoms with E-state index in [1.807, 2.05) is 6.07 Å². The van der Waals surface area contributed by atoms with E-state index < -0.39 is 0 Å². The van der Waals surface area contributed by atoms with Crippen molar-refractivity contribution in [2.45, 2.75) is 25.8 Å². The number of hydrogen-bond donors (Lipinski definition) is 1. The summed E-state index contributed by atoms with van der Waals surface area (Å²) < 4.78 is 10.7. The van der Waals surface area contributed by atoms with Crippen molar-refractivity contribution in [2.75, 3.05) is 40.4 Å². The molecule has 0 saturated carbocycles. The van der Waals surface area contributed by atoms with Crippen molar-refractivity contribution in [2.24, 2.45) is 5.41 Å². The molecule has 2 aliphatic heterocycles. The highest BCUT2D eigenvalue weighted by molar-refractivity contribution is 6.33. The van der Waals surface area contributed by atoms with Crippen molar-refractivity contribution in [1.29, 1.82) is 0 Å². The van der Waals surface area contributed by atoms with Crippen LogP contribution in [0.4, 0.5) is 0 Å². The lowest BCUT2D eigenvalue weighted by Crippen LogP contribution is -2.38. The molecule has 0 radical (unpaired) electrons. The smallest absolute Gasteiger partial charge is 0.179 e. The van der Waals surface area contributed by atoms with Crippen molar-refractivity contribution in [3.05, 3.63) is 22.7 Å². The summed E-state index contributed by atoms with van der Waals surface area (Å²) in [6.45, 7) is 5.54. The number of methoxy groups -OCH3 is 2. The third kappa shape index (κ3) is 3.05. The molecule has 0 unspecified atom stereocenters. The Kier molecular flexibility index (Phi) is 4.81. The average molecular weight is 325 g/mol. The summed E-state index contributed by atoms with van der Waals surface area (Å²) >= 11 is 6.51. The van der Waals surface area contributed by atoms with Gasteiger partial charge in [0.1, 0.15) is 0 Å². The van der Waals surface area contributed by atoms with E-state index in [9.17, 15) is 0 Å². The van der Waals surface area contributed by atoms with Gasteiger partial charge in [-0.15, -0.1) is 0 Å². The summed E-state index contributed by atoms with van der Waals surface area (Å²) in [5.41, 5.74) is 1.64. The van der Waals surface area contributed by atoms with E-state index in [1.54, 1.807) is 14.2 Å². The highest BCUT2D eigenvalue weighted by Crippen LogP contribution is 2.41. The molecule has 4 nitrogen and oxygen atoms in total. The summed E-state index contributed by atoms with van der Waals surface area (Å²) in [7, 11) is 3.27. The van der Waals surface area contributed by atoms with E-state index in [1.165, 1.54) is 25.8 Å². The van der Waals surface area contributed by atoms with E-state index >= 15 is 0 Å². The lowest BCUT2D eigenvalue weighted by atomic mass is 9.78. The van der Waals surface area contributed by atoms with Crippen LogP contribution in [0.3, 0.4) is 0 Å². The van der Waals surface area contributed by atoms with Crippen LogP contribution < -0.4 is 14.8 Å². The van der Waals surface area contributed by atoms with Crippen molar-refractivity contribution in [3.8, 4) is 11.5 Å². The Morgan fingerprint density at radius 1 is 1.18 bits per heavy atom. The maximum Gasteiger partial charge on any atom is 0.179 e. The van der Waals surface area contributed by atoms with Gasteiger partial charge in [-0.1, -0.05) is 17.7 Å². The second-order valence-electron chi connectivity index (χ2n) is 6.48. The SMILES string of the molecule is COc1ccc(CN2CCC3(CCNCC3)C2)c(Cl)c1OC. The Hall–Kier alpha value is -0.970. The number of likely N-dealkylation sites (tertiary alicyclic amines) is 1. The van der Waals surface area contributed by atoms with Crippen molar-refractivity contribution in [3.63, 3.8) is 0 Å². The number of ether oxygens (including phenoxy) is 2. The highest BCUT2D eigenvalue weighted by Gasteiger charge is 2.38. The maximum absolute atomic E-state index is 6.51. The van der Waals surface area contributed by atoms with Crippen LogP contribution in [0, 0.1) is 5.41 Å². The Bertz CT molecular complexity index is 530. The molecule has 1 aromatic rings. The van der Waals surface area contributed by atoms with E-state index in [0.717, 1.165) is 31.7 Å². The van der Waals surface area contributed by atoms with Gasteiger partial charge in [0.25, 0.3) is 0 Å². The summed E-state index contributed by atoms with van der Waals surface area (Å²) in [5.74, 6) is 1.32. The number of benzene rings is 1. The monoisotopic (exact) mass is 324 g/mol. The second-order valence-corrected chi connectivity index (χ2v) is 6.86. The minimum Gasteiger partial charge on any atom is -0.493 e. The summed E-state index contributed by atoms with van der Waals surface area (Å²) in [6, 6.07) is 3.99. The van der Waals surface area contributed by atoms with Gasteiger partial charge in [0, 0.05) is 13.1 Å². The van der Waals surface area contributed by atoms with E-state index in [-0.39, 0.29) is 0 Å². The third-order valence-electron chi connectivity index (χ3n) is 5.14. The van der Waals surface area contributed by atoms with Crippen molar-refractivity contribution >= 4 is 11.6 Å². The molecule has 1 N–H and O–H groups in total. The molecule has 2 saturated heterocycles. The van der Waals surface area contributed by atoms with Gasteiger partial charge in [-0.05, 0) is 55.9 Å². The lowest BCUT2D eigenvalue weighted by molar-refractivity contribution is 0.194. The Balaban J connectivity index is 1.71. The maximum atomic E-state index is 6.51. The topological polar surface area (TPSA) is 33.7 Å². The van der Waals surface area contributed by atoms with Crippen molar-refractivity contribution < 1.29 is 9.47 Å². The fourth-order valence-electron chi connectivity index (χ4n) is 3.82. The number of halogens is 1. The van der Waals surface area contributed by atoms with Crippen LogP contribution in [0.15, 0.2) is 12.1 Å². The van der Waals surface area contributed by atoms with Gasteiger partial charge in [0.15, 0.2) is 11.5 Å². The zero-order valence-corrected chi connectivity index (χ0v) is 14.2. The number of rotatable bonds is 4. The van der Waals surface area contributed by atoms with Gasteiger partial charge < -0.3 is 14.8 Å². The lowest BCUT2D eigenvalue weighted by Gasteiger charge is -2.34. The zero-order chi connectivity index (χ0) is 15.6. The van der Waals surface area contributed by atoms with Crippen molar-refractivity contribution in [1.82, 2.24) is 10.2 Å². The predicted molar refractivity (Wildman–Crippen MR) is 89.0 cm³/mol. The second kappa shape index (κ2) is 6.65.